The number of hydrogen-bond acceptors (Lipinski definition) is 3. The van der Waals surface area contributed by atoms with Gasteiger partial charge in [-0.1, -0.05) is 23.8 Å². The van der Waals surface area contributed by atoms with Gasteiger partial charge in [0.2, 0.25) is 11.8 Å². The van der Waals surface area contributed by atoms with Crippen molar-refractivity contribution >= 4 is 11.8 Å². The topological polar surface area (TPSA) is 40.6 Å². The zero-order valence-electron chi connectivity index (χ0n) is 12.2. The maximum Gasteiger partial charge on any atom is 0.234 e. The largest absolute Gasteiger partial charge is 0.297 e. The first-order valence-corrected chi connectivity index (χ1v) is 7.07. The van der Waals surface area contributed by atoms with Crippen LogP contribution in [0.15, 0.2) is 18.2 Å². The Kier molecular flexibility index (Phi) is 3.13. The van der Waals surface area contributed by atoms with E-state index in [4.69, 9.17) is 0 Å². The Balaban J connectivity index is 1.75. The second kappa shape index (κ2) is 4.70. The highest BCUT2D eigenvalue weighted by Gasteiger charge is 2.50. The van der Waals surface area contributed by atoms with Crippen molar-refractivity contribution in [1.82, 2.24) is 9.80 Å². The van der Waals surface area contributed by atoms with Gasteiger partial charge >= 0.3 is 0 Å². The quantitative estimate of drug-likeness (QED) is 0.763. The van der Waals surface area contributed by atoms with Gasteiger partial charge in [0.1, 0.15) is 0 Å². The first kappa shape index (κ1) is 13.3. The summed E-state index contributed by atoms with van der Waals surface area (Å²) >= 11 is 0. The zero-order chi connectivity index (χ0) is 14.4. The Hall–Kier alpha value is -1.68. The molecule has 2 amide bonds. The Morgan fingerprint density at radius 2 is 1.70 bits per heavy atom. The molecule has 1 aromatic rings. The summed E-state index contributed by atoms with van der Waals surface area (Å²) in [6.07, 6.45) is 0. The molecule has 2 aliphatic rings. The maximum atomic E-state index is 12.0. The highest BCUT2D eigenvalue weighted by Crippen LogP contribution is 2.33. The normalized spacial score (nSPS) is 26.4. The molecule has 2 heterocycles. The van der Waals surface area contributed by atoms with E-state index in [1.54, 1.807) is 7.05 Å². The minimum Gasteiger partial charge on any atom is -0.297 e. The zero-order valence-corrected chi connectivity index (χ0v) is 12.2. The fourth-order valence-electron chi connectivity index (χ4n) is 3.33. The van der Waals surface area contributed by atoms with Crippen molar-refractivity contribution in [3.63, 3.8) is 0 Å². The van der Waals surface area contributed by atoms with Gasteiger partial charge in [0, 0.05) is 26.7 Å². The molecule has 0 N–H and O–H groups in total. The van der Waals surface area contributed by atoms with Crippen molar-refractivity contribution in [3.8, 4) is 0 Å². The second-order valence-electron chi connectivity index (χ2n) is 6.07. The number of benzene rings is 1. The van der Waals surface area contributed by atoms with Crippen molar-refractivity contribution in [2.45, 2.75) is 20.4 Å². The number of fused-ring (bicyclic) bond motifs is 1. The van der Waals surface area contributed by atoms with Crippen molar-refractivity contribution in [3.05, 3.63) is 34.9 Å². The third-order valence-corrected chi connectivity index (χ3v) is 4.59. The Labute approximate surface area is 119 Å². The van der Waals surface area contributed by atoms with Gasteiger partial charge in [-0.2, -0.15) is 0 Å². The summed E-state index contributed by atoms with van der Waals surface area (Å²) in [4.78, 5) is 27.5. The lowest BCUT2D eigenvalue weighted by Crippen LogP contribution is -2.33. The van der Waals surface area contributed by atoms with E-state index in [0.29, 0.717) is 13.1 Å². The molecule has 4 nitrogen and oxygen atoms in total. The molecule has 0 spiro atoms. The lowest BCUT2D eigenvalue weighted by molar-refractivity contribution is -0.138. The van der Waals surface area contributed by atoms with Crippen molar-refractivity contribution in [2.75, 3.05) is 20.1 Å². The van der Waals surface area contributed by atoms with Crippen LogP contribution in [0, 0.1) is 25.7 Å². The van der Waals surface area contributed by atoms with Crippen molar-refractivity contribution < 1.29 is 9.59 Å². The molecule has 20 heavy (non-hydrogen) atoms. The summed E-state index contributed by atoms with van der Waals surface area (Å²) in [5.74, 6) is -0.276. The highest BCUT2D eigenvalue weighted by molar-refractivity contribution is 6.05. The number of rotatable bonds is 2. The molecule has 0 radical (unpaired) electrons. The summed E-state index contributed by atoms with van der Waals surface area (Å²) < 4.78 is 0. The van der Waals surface area contributed by atoms with E-state index in [1.165, 1.54) is 21.6 Å². The van der Waals surface area contributed by atoms with Gasteiger partial charge in [-0.15, -0.1) is 0 Å². The van der Waals surface area contributed by atoms with Crippen LogP contribution in [0.5, 0.6) is 0 Å². The smallest absolute Gasteiger partial charge is 0.234 e. The summed E-state index contributed by atoms with van der Waals surface area (Å²) in [6.45, 7) is 6.42. The average molecular weight is 272 g/mol. The summed E-state index contributed by atoms with van der Waals surface area (Å²) in [6, 6.07) is 6.43. The van der Waals surface area contributed by atoms with E-state index in [0.717, 1.165) is 6.54 Å². The van der Waals surface area contributed by atoms with Gasteiger partial charge in [-0.25, -0.2) is 0 Å². The lowest BCUT2D eigenvalue weighted by atomic mass is 10.00. The van der Waals surface area contributed by atoms with Crippen LogP contribution in [0.25, 0.3) is 0 Å². The van der Waals surface area contributed by atoms with Gasteiger partial charge in [-0.05, 0) is 25.0 Å². The monoisotopic (exact) mass is 272 g/mol. The molecule has 0 aliphatic carbocycles. The van der Waals surface area contributed by atoms with E-state index >= 15 is 0 Å². The second-order valence-corrected chi connectivity index (χ2v) is 6.07. The number of likely N-dealkylation sites (tertiary alicyclic amines) is 2. The number of imide groups is 1. The summed E-state index contributed by atoms with van der Waals surface area (Å²) in [5.41, 5.74) is 3.80. The highest BCUT2D eigenvalue weighted by atomic mass is 16.2. The van der Waals surface area contributed by atoms with Crippen LogP contribution in [-0.4, -0.2) is 41.8 Å². The van der Waals surface area contributed by atoms with Gasteiger partial charge in [0.25, 0.3) is 0 Å². The molecule has 2 atom stereocenters. The number of carbonyl (C=O) groups excluding carboxylic acids is 2. The van der Waals surface area contributed by atoms with Gasteiger partial charge in [0.15, 0.2) is 0 Å². The molecule has 4 heteroatoms. The molecule has 2 saturated heterocycles. The molecule has 106 valence electrons. The molecular weight excluding hydrogens is 252 g/mol. The first-order chi connectivity index (χ1) is 9.47. The fraction of sp³-hybridized carbons (Fsp3) is 0.500. The van der Waals surface area contributed by atoms with E-state index in [9.17, 15) is 9.59 Å². The van der Waals surface area contributed by atoms with Crippen LogP contribution >= 0.6 is 0 Å². The molecule has 3 rings (SSSR count). The van der Waals surface area contributed by atoms with Crippen molar-refractivity contribution in [2.24, 2.45) is 11.8 Å². The summed E-state index contributed by atoms with van der Waals surface area (Å²) in [5, 5.41) is 0. The molecule has 0 aromatic heterocycles. The number of carbonyl (C=O) groups is 2. The predicted molar refractivity (Wildman–Crippen MR) is 76.0 cm³/mol. The molecule has 2 fully saturated rings. The van der Waals surface area contributed by atoms with E-state index in [-0.39, 0.29) is 23.7 Å². The Bertz CT molecular complexity index is 558. The van der Waals surface area contributed by atoms with Gasteiger partial charge < -0.3 is 0 Å². The van der Waals surface area contributed by atoms with E-state index in [1.807, 2.05) is 0 Å². The maximum absolute atomic E-state index is 12.0. The van der Waals surface area contributed by atoms with Crippen LogP contribution in [-0.2, 0) is 16.1 Å². The van der Waals surface area contributed by atoms with Gasteiger partial charge in [0.05, 0.1) is 11.8 Å². The number of amides is 2. The SMILES string of the molecule is Cc1ccc(C)c(CN2C[C@@H]3C(=O)N(C)C(=O)[C@@H]3C2)c1. The van der Waals surface area contributed by atoms with Crippen LogP contribution in [0.1, 0.15) is 16.7 Å². The Morgan fingerprint density at radius 3 is 2.30 bits per heavy atom. The van der Waals surface area contributed by atoms with Crippen LogP contribution in [0.3, 0.4) is 0 Å². The predicted octanol–water partition coefficient (Wildman–Crippen LogP) is 1.35. The third-order valence-electron chi connectivity index (χ3n) is 4.59. The van der Waals surface area contributed by atoms with Crippen LogP contribution in [0.4, 0.5) is 0 Å². The number of aryl methyl sites for hydroxylation is 2. The number of nitrogens with zero attached hydrogens (tertiary/aromatic N) is 2. The minimum atomic E-state index is -0.127. The van der Waals surface area contributed by atoms with Crippen LogP contribution in [0.2, 0.25) is 0 Å². The molecule has 2 aliphatic heterocycles. The minimum absolute atomic E-state index is 0.0107. The Morgan fingerprint density at radius 1 is 1.10 bits per heavy atom. The van der Waals surface area contributed by atoms with E-state index in [2.05, 4.69) is 36.9 Å². The average Bonchev–Trinajstić information content (AvgIpc) is 2.91. The first-order valence-electron chi connectivity index (χ1n) is 7.07. The lowest BCUT2D eigenvalue weighted by Gasteiger charge is -2.19. The van der Waals surface area contributed by atoms with Crippen LogP contribution < -0.4 is 0 Å². The molecule has 0 bridgehead atoms. The molecule has 1 aromatic carbocycles. The molecule has 0 saturated carbocycles. The standard InChI is InChI=1S/C16H20N2O2/c1-10-4-5-11(2)12(6-10)7-18-8-13-14(9-18)16(20)17(3)15(13)19/h4-6,13-14H,7-9H2,1-3H3/t13-,14+. The third kappa shape index (κ3) is 2.04. The molecule has 0 unspecified atom stereocenters. The fourth-order valence-corrected chi connectivity index (χ4v) is 3.33. The van der Waals surface area contributed by atoms with Gasteiger partial charge in [-0.3, -0.25) is 19.4 Å². The molecular formula is C16H20N2O2. The number of hydrogen-bond donors (Lipinski definition) is 0. The van der Waals surface area contributed by atoms with Crippen molar-refractivity contribution in [1.29, 1.82) is 0 Å². The van der Waals surface area contributed by atoms with E-state index < -0.39 is 0 Å². The summed E-state index contributed by atoms with van der Waals surface area (Å²) in [7, 11) is 1.60.